The third-order valence-corrected chi connectivity index (χ3v) is 3.62. The molecule has 1 heterocycles. The summed E-state index contributed by atoms with van der Waals surface area (Å²) in [7, 11) is 0. The molecule has 0 saturated carbocycles. The Hall–Kier alpha value is -0.300. The summed E-state index contributed by atoms with van der Waals surface area (Å²) in [6, 6.07) is 0.580. The van der Waals surface area contributed by atoms with Gasteiger partial charge in [-0.15, -0.1) is 30.6 Å². The molecule has 2 N–H and O–H groups in total. The number of rotatable bonds is 8. The summed E-state index contributed by atoms with van der Waals surface area (Å²) < 4.78 is 0. The monoisotopic (exact) mass is 408 g/mol. The maximum Gasteiger partial charge on any atom is 0.191 e. The molecule has 0 radical (unpaired) electrons. The minimum absolute atomic E-state index is 0. The molecule has 0 bridgehead atoms. The van der Waals surface area contributed by atoms with E-state index in [2.05, 4.69) is 42.9 Å². The Balaban J connectivity index is 0.00000400. The zero-order valence-corrected chi connectivity index (χ0v) is 16.2. The third-order valence-electron chi connectivity index (χ3n) is 3.62. The van der Waals surface area contributed by atoms with Gasteiger partial charge < -0.3 is 10.6 Å². The summed E-state index contributed by atoms with van der Waals surface area (Å²) in [4.78, 5) is 7.37. The Labute approximate surface area is 147 Å². The number of hydrogen-bond donors (Lipinski definition) is 2. The molecule has 1 aliphatic heterocycles. The quantitative estimate of drug-likeness (QED) is 0.281. The van der Waals surface area contributed by atoms with E-state index in [1.165, 1.54) is 32.4 Å². The van der Waals surface area contributed by atoms with Crippen molar-refractivity contribution in [3.05, 3.63) is 12.7 Å². The van der Waals surface area contributed by atoms with Crippen molar-refractivity contribution in [3.8, 4) is 0 Å². The van der Waals surface area contributed by atoms with Crippen molar-refractivity contribution < 1.29 is 0 Å². The summed E-state index contributed by atoms with van der Waals surface area (Å²) in [6.45, 7) is 15.4. The SMILES string of the molecule is C=CCNC(=NCC(CC(C)C)N1CCCC1)NCC.I. The molecule has 0 aromatic carbocycles. The van der Waals surface area contributed by atoms with E-state index in [1.54, 1.807) is 0 Å². The highest BCUT2D eigenvalue weighted by molar-refractivity contribution is 14.0. The lowest BCUT2D eigenvalue weighted by Crippen LogP contribution is -2.40. The van der Waals surface area contributed by atoms with E-state index in [9.17, 15) is 0 Å². The van der Waals surface area contributed by atoms with E-state index in [1.807, 2.05) is 6.08 Å². The van der Waals surface area contributed by atoms with Gasteiger partial charge in [0.25, 0.3) is 0 Å². The number of likely N-dealkylation sites (tertiary alicyclic amines) is 1. The smallest absolute Gasteiger partial charge is 0.191 e. The number of nitrogens with zero attached hydrogens (tertiary/aromatic N) is 2. The van der Waals surface area contributed by atoms with Crippen molar-refractivity contribution in [1.82, 2.24) is 15.5 Å². The van der Waals surface area contributed by atoms with Gasteiger partial charge in [-0.2, -0.15) is 0 Å². The van der Waals surface area contributed by atoms with E-state index in [-0.39, 0.29) is 24.0 Å². The molecule has 1 atom stereocenters. The van der Waals surface area contributed by atoms with Crippen molar-refractivity contribution in [2.24, 2.45) is 10.9 Å². The van der Waals surface area contributed by atoms with Gasteiger partial charge in [0, 0.05) is 19.1 Å². The second kappa shape index (κ2) is 12.3. The molecule has 124 valence electrons. The van der Waals surface area contributed by atoms with E-state index in [0.717, 1.165) is 31.5 Å². The van der Waals surface area contributed by atoms with Crippen LogP contribution < -0.4 is 10.6 Å². The summed E-state index contributed by atoms with van der Waals surface area (Å²) in [5.74, 6) is 1.62. The van der Waals surface area contributed by atoms with Gasteiger partial charge in [-0.1, -0.05) is 19.9 Å². The summed E-state index contributed by atoms with van der Waals surface area (Å²) in [6.07, 6.45) is 5.77. The first-order chi connectivity index (χ1) is 9.67. The molecule has 1 unspecified atom stereocenters. The van der Waals surface area contributed by atoms with Crippen LogP contribution in [0.25, 0.3) is 0 Å². The molecule has 5 heteroatoms. The number of guanidine groups is 1. The van der Waals surface area contributed by atoms with Gasteiger partial charge in [0.1, 0.15) is 0 Å². The molecule has 0 aromatic heterocycles. The molecular formula is C16H33IN4. The average Bonchev–Trinajstić information content (AvgIpc) is 2.93. The van der Waals surface area contributed by atoms with Gasteiger partial charge in [0.05, 0.1) is 6.54 Å². The van der Waals surface area contributed by atoms with Gasteiger partial charge in [-0.25, -0.2) is 0 Å². The number of hydrogen-bond acceptors (Lipinski definition) is 2. The van der Waals surface area contributed by atoms with Crippen molar-refractivity contribution in [1.29, 1.82) is 0 Å². The van der Waals surface area contributed by atoms with Crippen LogP contribution in [0.2, 0.25) is 0 Å². The fraction of sp³-hybridized carbons (Fsp3) is 0.812. The van der Waals surface area contributed by atoms with Crippen molar-refractivity contribution in [2.75, 3.05) is 32.7 Å². The predicted octanol–water partition coefficient (Wildman–Crippen LogP) is 2.86. The first kappa shape index (κ1) is 20.7. The van der Waals surface area contributed by atoms with Gasteiger partial charge in [0.15, 0.2) is 5.96 Å². The first-order valence-corrected chi connectivity index (χ1v) is 8.04. The third kappa shape index (κ3) is 8.66. The van der Waals surface area contributed by atoms with Crippen LogP contribution in [-0.2, 0) is 0 Å². The fourth-order valence-corrected chi connectivity index (χ4v) is 2.70. The van der Waals surface area contributed by atoms with Gasteiger partial charge in [-0.3, -0.25) is 9.89 Å². The molecular weight excluding hydrogens is 375 g/mol. The van der Waals surface area contributed by atoms with Crippen molar-refractivity contribution in [3.63, 3.8) is 0 Å². The Morgan fingerprint density at radius 2 is 1.95 bits per heavy atom. The standard InChI is InChI=1S/C16H32N4.HI/c1-5-9-18-16(17-6-2)19-13-15(12-14(3)4)20-10-7-8-11-20;/h5,14-15H,1,6-13H2,2-4H3,(H2,17,18,19);1H. The lowest BCUT2D eigenvalue weighted by atomic mass is 10.0. The topological polar surface area (TPSA) is 39.7 Å². The van der Waals surface area contributed by atoms with Crippen LogP contribution in [0.15, 0.2) is 17.6 Å². The fourth-order valence-electron chi connectivity index (χ4n) is 2.70. The van der Waals surface area contributed by atoms with E-state index < -0.39 is 0 Å². The molecule has 0 amide bonds. The lowest BCUT2D eigenvalue weighted by Gasteiger charge is -2.28. The van der Waals surface area contributed by atoms with E-state index >= 15 is 0 Å². The predicted molar refractivity (Wildman–Crippen MR) is 104 cm³/mol. The summed E-state index contributed by atoms with van der Waals surface area (Å²) >= 11 is 0. The van der Waals surface area contributed by atoms with Crippen LogP contribution in [0.3, 0.4) is 0 Å². The van der Waals surface area contributed by atoms with Gasteiger partial charge >= 0.3 is 0 Å². The highest BCUT2D eigenvalue weighted by Gasteiger charge is 2.22. The Kier molecular flexibility index (Phi) is 12.1. The number of aliphatic imine (C=N–C) groups is 1. The normalized spacial score (nSPS) is 17.4. The Bertz CT molecular complexity index is 299. The van der Waals surface area contributed by atoms with Crippen LogP contribution in [0.5, 0.6) is 0 Å². The molecule has 4 nitrogen and oxygen atoms in total. The van der Waals surface area contributed by atoms with E-state index in [4.69, 9.17) is 4.99 Å². The molecule has 21 heavy (non-hydrogen) atoms. The van der Waals surface area contributed by atoms with Crippen molar-refractivity contribution >= 4 is 29.9 Å². The minimum atomic E-state index is 0. The van der Waals surface area contributed by atoms with Crippen LogP contribution in [0.4, 0.5) is 0 Å². The van der Waals surface area contributed by atoms with Crippen LogP contribution in [0.1, 0.15) is 40.0 Å². The lowest BCUT2D eigenvalue weighted by molar-refractivity contribution is 0.218. The molecule has 1 rings (SSSR count). The zero-order valence-electron chi connectivity index (χ0n) is 13.9. The highest BCUT2D eigenvalue weighted by atomic mass is 127. The first-order valence-electron chi connectivity index (χ1n) is 8.04. The zero-order chi connectivity index (χ0) is 14.8. The van der Waals surface area contributed by atoms with E-state index in [0.29, 0.717) is 6.04 Å². The molecule has 1 aliphatic rings. The maximum absolute atomic E-state index is 4.75. The number of halogens is 1. The van der Waals surface area contributed by atoms with Crippen molar-refractivity contribution in [2.45, 2.75) is 46.1 Å². The highest BCUT2D eigenvalue weighted by Crippen LogP contribution is 2.18. The molecule has 1 fully saturated rings. The average molecular weight is 408 g/mol. The molecule has 0 aromatic rings. The largest absolute Gasteiger partial charge is 0.357 e. The second-order valence-corrected chi connectivity index (χ2v) is 5.92. The summed E-state index contributed by atoms with van der Waals surface area (Å²) in [5, 5.41) is 6.56. The van der Waals surface area contributed by atoms with Gasteiger partial charge in [-0.05, 0) is 45.2 Å². The molecule has 0 spiro atoms. The summed E-state index contributed by atoms with van der Waals surface area (Å²) in [5.41, 5.74) is 0. The van der Waals surface area contributed by atoms with Crippen LogP contribution in [0, 0.1) is 5.92 Å². The number of nitrogens with one attached hydrogen (secondary N) is 2. The Morgan fingerprint density at radius 1 is 1.29 bits per heavy atom. The Morgan fingerprint density at radius 3 is 2.48 bits per heavy atom. The molecule has 0 aliphatic carbocycles. The van der Waals surface area contributed by atoms with Crippen LogP contribution in [-0.4, -0.2) is 49.6 Å². The molecule has 1 saturated heterocycles. The second-order valence-electron chi connectivity index (χ2n) is 5.92. The van der Waals surface area contributed by atoms with Crippen LogP contribution >= 0.6 is 24.0 Å². The minimum Gasteiger partial charge on any atom is -0.357 e. The maximum atomic E-state index is 4.75. The van der Waals surface area contributed by atoms with Gasteiger partial charge in [0.2, 0.25) is 0 Å².